The molecule has 1 aromatic rings. The van der Waals surface area contributed by atoms with E-state index >= 15 is 0 Å². The van der Waals surface area contributed by atoms with Crippen LogP contribution in [0.4, 0.5) is 18.9 Å². The van der Waals surface area contributed by atoms with Crippen molar-refractivity contribution >= 4 is 34.6 Å². The number of likely N-dealkylation sites (tertiary alicyclic amines) is 1. The van der Waals surface area contributed by atoms with Gasteiger partial charge in [0.15, 0.2) is 5.11 Å². The number of halogens is 4. The fraction of sp³-hybridized carbons (Fsp3) is 0.588. The number of rotatable bonds is 5. The summed E-state index contributed by atoms with van der Waals surface area (Å²) >= 11 is 10.7. The van der Waals surface area contributed by atoms with E-state index < -0.39 is 11.7 Å². The summed E-state index contributed by atoms with van der Waals surface area (Å²) in [5.74, 6) is 0.747. The second kappa shape index (κ2) is 9.05. The van der Waals surface area contributed by atoms with E-state index in [4.69, 9.17) is 23.8 Å². The molecule has 25 heavy (non-hydrogen) atoms. The van der Waals surface area contributed by atoms with Gasteiger partial charge < -0.3 is 15.5 Å². The lowest BCUT2D eigenvalue weighted by atomic mass is 10.0. The predicted molar refractivity (Wildman–Crippen MR) is 100 cm³/mol. The Balaban J connectivity index is 1.75. The molecule has 3 nitrogen and oxygen atoms in total. The van der Waals surface area contributed by atoms with Gasteiger partial charge in [-0.15, -0.1) is 0 Å². The van der Waals surface area contributed by atoms with Crippen LogP contribution in [-0.2, 0) is 6.18 Å². The van der Waals surface area contributed by atoms with Gasteiger partial charge in [0.2, 0.25) is 0 Å². The van der Waals surface area contributed by atoms with Gasteiger partial charge >= 0.3 is 6.18 Å². The molecule has 0 spiro atoms. The van der Waals surface area contributed by atoms with Crippen LogP contribution in [0.25, 0.3) is 0 Å². The summed E-state index contributed by atoms with van der Waals surface area (Å²) in [4.78, 5) is 2.45. The van der Waals surface area contributed by atoms with E-state index in [0.29, 0.717) is 11.7 Å². The minimum absolute atomic E-state index is 0.263. The Hall–Kier alpha value is -1.05. The molecule has 1 saturated heterocycles. The Labute approximate surface area is 156 Å². The Kier molecular flexibility index (Phi) is 7.34. The average molecular weight is 394 g/mol. The highest BCUT2D eigenvalue weighted by Crippen LogP contribution is 2.36. The van der Waals surface area contributed by atoms with Crippen LogP contribution in [-0.4, -0.2) is 36.2 Å². The molecule has 0 unspecified atom stereocenters. The first-order valence-corrected chi connectivity index (χ1v) is 9.18. The van der Waals surface area contributed by atoms with Crippen molar-refractivity contribution < 1.29 is 13.2 Å². The van der Waals surface area contributed by atoms with Crippen molar-refractivity contribution in [3.8, 4) is 0 Å². The SMILES string of the molecule is C[C@H]1CCCN(CCCNC(=S)Nc2ccc(Cl)c(C(F)(F)F)c2)C1. The summed E-state index contributed by atoms with van der Waals surface area (Å²) in [5, 5.41) is 5.79. The van der Waals surface area contributed by atoms with E-state index in [0.717, 1.165) is 38.0 Å². The van der Waals surface area contributed by atoms with Gasteiger partial charge in [0.05, 0.1) is 10.6 Å². The van der Waals surface area contributed by atoms with Crippen LogP contribution in [0.5, 0.6) is 0 Å². The standard InChI is InChI=1S/C17H23ClF3N3S/c1-12-4-2-8-24(11-12)9-3-7-22-16(25)23-13-5-6-15(18)14(10-13)17(19,20)21/h5-6,10,12H,2-4,7-9,11H2,1H3,(H2,22,23,25)/t12-/m0/s1. The van der Waals surface area contributed by atoms with Crippen LogP contribution in [0.2, 0.25) is 5.02 Å². The third-order valence-electron chi connectivity index (χ3n) is 4.21. The number of thiocarbonyl (C=S) groups is 1. The molecule has 0 radical (unpaired) electrons. The van der Waals surface area contributed by atoms with Crippen LogP contribution in [0.3, 0.4) is 0 Å². The molecule has 2 N–H and O–H groups in total. The van der Waals surface area contributed by atoms with Crippen molar-refractivity contribution in [2.24, 2.45) is 5.92 Å². The Morgan fingerprint density at radius 2 is 2.16 bits per heavy atom. The van der Waals surface area contributed by atoms with Gasteiger partial charge in [0, 0.05) is 18.8 Å². The van der Waals surface area contributed by atoms with Crippen LogP contribution in [0.1, 0.15) is 31.7 Å². The van der Waals surface area contributed by atoms with Crippen LogP contribution >= 0.6 is 23.8 Å². The van der Waals surface area contributed by atoms with E-state index in [2.05, 4.69) is 22.5 Å². The first-order valence-electron chi connectivity index (χ1n) is 8.39. The van der Waals surface area contributed by atoms with Crippen molar-refractivity contribution in [1.82, 2.24) is 10.2 Å². The van der Waals surface area contributed by atoms with Crippen molar-refractivity contribution in [3.05, 3.63) is 28.8 Å². The third-order valence-corrected chi connectivity index (χ3v) is 4.78. The first-order chi connectivity index (χ1) is 11.8. The highest BCUT2D eigenvalue weighted by atomic mass is 35.5. The number of piperidine rings is 1. The van der Waals surface area contributed by atoms with E-state index in [1.807, 2.05) is 0 Å². The third kappa shape index (κ3) is 6.64. The summed E-state index contributed by atoms with van der Waals surface area (Å²) in [6, 6.07) is 3.65. The molecule has 0 saturated carbocycles. The molecule has 1 fully saturated rings. The molecule has 1 aliphatic heterocycles. The van der Waals surface area contributed by atoms with E-state index in [-0.39, 0.29) is 10.7 Å². The number of hydrogen-bond donors (Lipinski definition) is 2. The number of nitrogens with zero attached hydrogens (tertiary/aromatic N) is 1. The minimum Gasteiger partial charge on any atom is -0.362 e. The van der Waals surface area contributed by atoms with Crippen molar-refractivity contribution in [2.75, 3.05) is 31.5 Å². The molecule has 0 aromatic heterocycles. The summed E-state index contributed by atoms with van der Waals surface area (Å²) < 4.78 is 38.6. The Morgan fingerprint density at radius 1 is 1.40 bits per heavy atom. The first kappa shape index (κ1) is 20.3. The van der Waals surface area contributed by atoms with Gasteiger partial charge in [-0.25, -0.2) is 0 Å². The molecule has 2 rings (SSSR count). The highest BCUT2D eigenvalue weighted by Gasteiger charge is 2.33. The second-order valence-electron chi connectivity index (χ2n) is 6.47. The van der Waals surface area contributed by atoms with Gasteiger partial charge in [-0.1, -0.05) is 18.5 Å². The zero-order valence-electron chi connectivity index (χ0n) is 14.1. The average Bonchev–Trinajstić information content (AvgIpc) is 2.52. The maximum Gasteiger partial charge on any atom is 0.417 e. The highest BCUT2D eigenvalue weighted by molar-refractivity contribution is 7.80. The lowest BCUT2D eigenvalue weighted by molar-refractivity contribution is -0.137. The van der Waals surface area contributed by atoms with Gasteiger partial charge in [0.25, 0.3) is 0 Å². The lowest BCUT2D eigenvalue weighted by Crippen LogP contribution is -2.37. The van der Waals surface area contributed by atoms with Gasteiger partial charge in [-0.2, -0.15) is 13.2 Å². The lowest BCUT2D eigenvalue weighted by Gasteiger charge is -2.30. The fourth-order valence-electron chi connectivity index (χ4n) is 2.99. The maximum atomic E-state index is 12.9. The van der Waals surface area contributed by atoms with Crippen LogP contribution < -0.4 is 10.6 Å². The van der Waals surface area contributed by atoms with Crippen molar-refractivity contribution in [2.45, 2.75) is 32.4 Å². The number of benzene rings is 1. The molecular formula is C17H23ClF3N3S. The summed E-state index contributed by atoms with van der Waals surface area (Å²) in [5.41, 5.74) is -0.611. The monoisotopic (exact) mass is 393 g/mol. The van der Waals surface area contributed by atoms with E-state index in [1.165, 1.54) is 25.0 Å². The van der Waals surface area contributed by atoms with Crippen LogP contribution in [0, 0.1) is 5.92 Å². The maximum absolute atomic E-state index is 12.9. The smallest absolute Gasteiger partial charge is 0.362 e. The Bertz CT molecular complexity index is 595. The molecule has 140 valence electrons. The second-order valence-corrected chi connectivity index (χ2v) is 7.29. The molecule has 1 heterocycles. The topological polar surface area (TPSA) is 27.3 Å². The molecule has 1 aliphatic rings. The summed E-state index contributed by atoms with van der Waals surface area (Å²) in [6.07, 6.45) is -1.02. The van der Waals surface area contributed by atoms with Crippen molar-refractivity contribution in [1.29, 1.82) is 0 Å². The minimum atomic E-state index is -4.49. The molecule has 1 atom stereocenters. The van der Waals surface area contributed by atoms with Gasteiger partial charge in [-0.3, -0.25) is 0 Å². The molecular weight excluding hydrogens is 371 g/mol. The molecule has 0 amide bonds. The van der Waals surface area contributed by atoms with Crippen LogP contribution in [0.15, 0.2) is 18.2 Å². The molecule has 8 heteroatoms. The molecule has 0 bridgehead atoms. The number of hydrogen-bond acceptors (Lipinski definition) is 2. The predicted octanol–water partition coefficient (Wildman–Crippen LogP) is 4.77. The largest absolute Gasteiger partial charge is 0.417 e. The van der Waals surface area contributed by atoms with Gasteiger partial charge in [-0.05, 0) is 68.7 Å². The quantitative estimate of drug-likeness (QED) is 0.556. The summed E-state index contributed by atoms with van der Waals surface area (Å²) in [6.45, 7) is 6.21. The zero-order chi connectivity index (χ0) is 18.4. The van der Waals surface area contributed by atoms with Crippen molar-refractivity contribution in [3.63, 3.8) is 0 Å². The fourth-order valence-corrected chi connectivity index (χ4v) is 3.43. The van der Waals surface area contributed by atoms with E-state index in [1.54, 1.807) is 0 Å². The number of anilines is 1. The van der Waals surface area contributed by atoms with Gasteiger partial charge in [0.1, 0.15) is 0 Å². The molecule has 1 aromatic carbocycles. The molecule has 0 aliphatic carbocycles. The Morgan fingerprint density at radius 3 is 2.84 bits per heavy atom. The summed E-state index contributed by atoms with van der Waals surface area (Å²) in [7, 11) is 0. The number of nitrogens with one attached hydrogen (secondary N) is 2. The van der Waals surface area contributed by atoms with E-state index in [9.17, 15) is 13.2 Å². The zero-order valence-corrected chi connectivity index (χ0v) is 15.7. The normalized spacial score (nSPS) is 18.8. The number of alkyl halides is 3.